The fourth-order valence-electron chi connectivity index (χ4n) is 0.836. The predicted molar refractivity (Wildman–Crippen MR) is 35.1 cm³/mol. The van der Waals surface area contributed by atoms with E-state index in [2.05, 4.69) is 20.5 Å². The van der Waals surface area contributed by atoms with Gasteiger partial charge in [-0.25, -0.2) is 4.34 Å². The second-order valence-corrected chi connectivity index (χ2v) is 2.43. The minimum absolute atomic E-state index is 0.0168. The Kier molecular flexibility index (Phi) is 1.97. The van der Waals surface area contributed by atoms with Crippen molar-refractivity contribution in [1.82, 2.24) is 4.34 Å². The van der Waals surface area contributed by atoms with Gasteiger partial charge in [-0.3, -0.25) is 9.59 Å². The van der Waals surface area contributed by atoms with Crippen LogP contribution >= 0.6 is 16.1 Å². The second kappa shape index (κ2) is 2.58. The summed E-state index contributed by atoms with van der Waals surface area (Å²) in [7, 11) is 0. The molecule has 0 saturated heterocycles. The summed E-state index contributed by atoms with van der Waals surface area (Å²) in [5, 5.41) is 0. The van der Waals surface area contributed by atoms with E-state index in [0.29, 0.717) is 12.8 Å². The van der Waals surface area contributed by atoms with Crippen LogP contribution in [0.2, 0.25) is 0 Å². The number of Topliss-reactive ketones (excluding diaryl/α,β-unsaturated/α-hetero) is 2. The maximum atomic E-state index is 10.7. The molecule has 1 saturated carbocycles. The van der Waals surface area contributed by atoms with E-state index in [1.165, 1.54) is 0 Å². The largest absolute Gasteiger partial charge is 0.297 e. The number of hydrogen-bond acceptors (Lipinski definition) is 3. The summed E-state index contributed by atoms with van der Waals surface area (Å²) in [6, 6.07) is -0.579. The molecule has 0 bridgehead atoms. The van der Waals surface area contributed by atoms with Gasteiger partial charge in [0.15, 0.2) is 11.6 Å². The van der Waals surface area contributed by atoms with E-state index in [9.17, 15) is 9.59 Å². The first-order chi connectivity index (χ1) is 4.25. The number of rotatable bonds is 1. The normalized spacial score (nSPS) is 21.4. The van der Waals surface area contributed by atoms with Gasteiger partial charge in [-0.1, -0.05) is 0 Å². The highest BCUT2D eigenvalue weighted by Gasteiger charge is 2.31. The summed E-state index contributed by atoms with van der Waals surface area (Å²) in [4.78, 5) is 21.4. The lowest BCUT2D eigenvalue weighted by Gasteiger charge is -1.99. The van der Waals surface area contributed by atoms with Gasteiger partial charge in [0.05, 0.1) is 0 Å². The van der Waals surface area contributed by atoms with Crippen molar-refractivity contribution >= 4 is 27.7 Å². The molecule has 1 rings (SSSR count). The molecule has 0 radical (unpaired) electrons. The van der Waals surface area contributed by atoms with E-state index in [1.54, 1.807) is 0 Å². The van der Waals surface area contributed by atoms with E-state index >= 15 is 0 Å². The molecule has 50 valence electrons. The van der Waals surface area contributed by atoms with Gasteiger partial charge in [-0.05, 0) is 0 Å². The Labute approximate surface area is 61.1 Å². The summed E-state index contributed by atoms with van der Waals surface area (Å²) in [6.45, 7) is 0. The van der Waals surface area contributed by atoms with Crippen LogP contribution in [0, 0.1) is 0 Å². The highest BCUT2D eigenvalue weighted by molar-refractivity contribution is 9.08. The Morgan fingerprint density at radius 2 is 1.78 bits per heavy atom. The van der Waals surface area contributed by atoms with Crippen LogP contribution in [0.5, 0.6) is 0 Å². The Bertz CT molecular complexity index is 141. The summed E-state index contributed by atoms with van der Waals surface area (Å²) < 4.78 is 2.48. The molecular formula is C5H6BrNO2. The molecule has 0 atom stereocenters. The molecule has 0 heterocycles. The summed E-state index contributed by atoms with van der Waals surface area (Å²) >= 11 is 2.87. The average molecular weight is 192 g/mol. The van der Waals surface area contributed by atoms with Gasteiger partial charge in [-0.2, -0.15) is 0 Å². The standard InChI is InChI=1S/C5H6BrNO2/c6-7-5-3(8)1-2-4(5)9/h5,7H,1-2H2. The van der Waals surface area contributed by atoms with Gasteiger partial charge in [0.25, 0.3) is 0 Å². The maximum absolute atomic E-state index is 10.7. The highest BCUT2D eigenvalue weighted by atomic mass is 79.9. The van der Waals surface area contributed by atoms with Gasteiger partial charge >= 0.3 is 0 Å². The summed E-state index contributed by atoms with van der Waals surface area (Å²) in [5.41, 5.74) is 0. The number of carbonyl (C=O) groups excluding carboxylic acids is 2. The Morgan fingerprint density at radius 1 is 1.33 bits per heavy atom. The van der Waals surface area contributed by atoms with Gasteiger partial charge in [0, 0.05) is 29.0 Å². The molecule has 0 spiro atoms. The second-order valence-electron chi connectivity index (χ2n) is 1.97. The van der Waals surface area contributed by atoms with Crippen molar-refractivity contribution in [3.63, 3.8) is 0 Å². The van der Waals surface area contributed by atoms with E-state index < -0.39 is 6.04 Å². The van der Waals surface area contributed by atoms with E-state index in [4.69, 9.17) is 0 Å². The molecule has 0 amide bonds. The molecule has 3 nitrogen and oxygen atoms in total. The molecule has 1 N–H and O–H groups in total. The summed E-state index contributed by atoms with van der Waals surface area (Å²) in [6.07, 6.45) is 0.782. The van der Waals surface area contributed by atoms with Crippen molar-refractivity contribution in [2.45, 2.75) is 18.9 Å². The fraction of sp³-hybridized carbons (Fsp3) is 0.600. The first kappa shape index (κ1) is 6.89. The molecule has 0 aromatic heterocycles. The first-order valence-electron chi connectivity index (χ1n) is 2.67. The van der Waals surface area contributed by atoms with Crippen molar-refractivity contribution in [3.8, 4) is 0 Å². The van der Waals surface area contributed by atoms with Gasteiger partial charge in [0.2, 0.25) is 0 Å². The topological polar surface area (TPSA) is 46.2 Å². The lowest BCUT2D eigenvalue weighted by molar-refractivity contribution is -0.123. The van der Waals surface area contributed by atoms with E-state index in [0.717, 1.165) is 0 Å². The van der Waals surface area contributed by atoms with Gasteiger partial charge in [0.1, 0.15) is 6.04 Å². The fourth-order valence-corrected chi connectivity index (χ4v) is 1.35. The predicted octanol–water partition coefficient (Wildman–Crippen LogP) is 0.187. The number of halogens is 1. The molecule has 0 aliphatic heterocycles. The molecule has 0 aromatic rings. The zero-order valence-electron chi connectivity index (χ0n) is 4.69. The third-order valence-corrected chi connectivity index (χ3v) is 1.83. The van der Waals surface area contributed by atoms with Crippen molar-refractivity contribution < 1.29 is 9.59 Å². The van der Waals surface area contributed by atoms with Gasteiger partial charge in [-0.15, -0.1) is 0 Å². The van der Waals surface area contributed by atoms with Crippen molar-refractivity contribution in [2.75, 3.05) is 0 Å². The van der Waals surface area contributed by atoms with Crippen LogP contribution in [0.3, 0.4) is 0 Å². The third kappa shape index (κ3) is 1.19. The average Bonchev–Trinajstić information content (AvgIpc) is 2.12. The smallest absolute Gasteiger partial charge is 0.158 e. The minimum Gasteiger partial charge on any atom is -0.297 e. The molecule has 4 heteroatoms. The lowest BCUT2D eigenvalue weighted by Crippen LogP contribution is -2.31. The summed E-state index contributed by atoms with van der Waals surface area (Å²) in [5.74, 6) is -0.0336. The molecule has 9 heavy (non-hydrogen) atoms. The van der Waals surface area contributed by atoms with Crippen molar-refractivity contribution in [1.29, 1.82) is 0 Å². The van der Waals surface area contributed by atoms with Crippen LogP contribution in [0.25, 0.3) is 0 Å². The van der Waals surface area contributed by atoms with Crippen LogP contribution in [0.4, 0.5) is 0 Å². The van der Waals surface area contributed by atoms with Crippen LogP contribution in [-0.4, -0.2) is 17.6 Å². The molecule has 1 aliphatic rings. The Balaban J connectivity index is 2.66. The number of hydrogen-bond donors (Lipinski definition) is 1. The molecule has 0 aromatic carbocycles. The van der Waals surface area contributed by atoms with Crippen LogP contribution in [0.15, 0.2) is 0 Å². The van der Waals surface area contributed by atoms with Crippen LogP contribution in [-0.2, 0) is 9.59 Å². The maximum Gasteiger partial charge on any atom is 0.158 e. The highest BCUT2D eigenvalue weighted by Crippen LogP contribution is 2.10. The van der Waals surface area contributed by atoms with E-state index in [1.807, 2.05) is 0 Å². The zero-order valence-corrected chi connectivity index (χ0v) is 6.27. The minimum atomic E-state index is -0.579. The molecule has 1 fully saturated rings. The quantitative estimate of drug-likeness (QED) is 0.476. The number of nitrogens with one attached hydrogen (secondary N) is 1. The van der Waals surface area contributed by atoms with Crippen molar-refractivity contribution in [2.24, 2.45) is 0 Å². The third-order valence-electron chi connectivity index (χ3n) is 1.37. The first-order valence-corrected chi connectivity index (χ1v) is 3.46. The number of ketones is 2. The molecule has 0 unspecified atom stereocenters. The van der Waals surface area contributed by atoms with Crippen molar-refractivity contribution in [3.05, 3.63) is 0 Å². The molecular weight excluding hydrogens is 186 g/mol. The molecule has 1 aliphatic carbocycles. The number of carbonyl (C=O) groups is 2. The SMILES string of the molecule is O=C1CCC(=O)C1NBr. The van der Waals surface area contributed by atoms with E-state index in [-0.39, 0.29) is 11.6 Å². The lowest BCUT2D eigenvalue weighted by atomic mass is 10.2. The van der Waals surface area contributed by atoms with Crippen LogP contribution in [0.1, 0.15) is 12.8 Å². The Hall–Kier alpha value is -0.220. The zero-order chi connectivity index (χ0) is 6.85. The van der Waals surface area contributed by atoms with Gasteiger partial charge < -0.3 is 0 Å². The Morgan fingerprint density at radius 3 is 2.00 bits per heavy atom. The van der Waals surface area contributed by atoms with Crippen LogP contribution < -0.4 is 4.34 Å². The monoisotopic (exact) mass is 191 g/mol.